The molecule has 96 valence electrons. The first kappa shape index (κ1) is 15.3. The molecule has 0 saturated carbocycles. The summed E-state index contributed by atoms with van der Waals surface area (Å²) in [5, 5.41) is 0.763. The van der Waals surface area contributed by atoms with Crippen LogP contribution in [0.4, 0.5) is 0 Å². The maximum absolute atomic E-state index is 5.97. The summed E-state index contributed by atoms with van der Waals surface area (Å²) in [6.45, 7) is 3.11. The lowest BCUT2D eigenvalue weighted by atomic mass is 10.1. The molecule has 0 amide bonds. The SMILES string of the molecule is Cl.NC1CCCN(Cc2ccc(Cl)c(Br)c2)C1. The average Bonchev–Trinajstić information content (AvgIpc) is 2.24. The monoisotopic (exact) mass is 338 g/mol. The van der Waals surface area contributed by atoms with Crippen LogP contribution in [0.1, 0.15) is 18.4 Å². The molecule has 1 saturated heterocycles. The summed E-state index contributed by atoms with van der Waals surface area (Å²) < 4.78 is 0.966. The first-order valence-corrected chi connectivity index (χ1v) is 6.74. The highest BCUT2D eigenvalue weighted by Crippen LogP contribution is 2.24. The van der Waals surface area contributed by atoms with Crippen molar-refractivity contribution in [2.24, 2.45) is 5.73 Å². The molecule has 0 aliphatic carbocycles. The van der Waals surface area contributed by atoms with Crippen LogP contribution in [0.5, 0.6) is 0 Å². The predicted octanol–water partition coefficient (Wildman–Crippen LogP) is 3.45. The minimum absolute atomic E-state index is 0. The Bertz CT molecular complexity index is 374. The Kier molecular flexibility index (Phi) is 6.24. The third-order valence-electron chi connectivity index (χ3n) is 2.93. The Morgan fingerprint density at radius 2 is 2.24 bits per heavy atom. The average molecular weight is 340 g/mol. The summed E-state index contributed by atoms with van der Waals surface area (Å²) in [5.41, 5.74) is 7.24. The fourth-order valence-electron chi connectivity index (χ4n) is 2.13. The molecule has 1 aliphatic rings. The van der Waals surface area contributed by atoms with Crippen LogP contribution < -0.4 is 5.73 Å². The second-order valence-electron chi connectivity index (χ2n) is 4.39. The Morgan fingerprint density at radius 3 is 2.88 bits per heavy atom. The van der Waals surface area contributed by atoms with Gasteiger partial charge in [0, 0.05) is 23.6 Å². The van der Waals surface area contributed by atoms with E-state index in [1.807, 2.05) is 6.07 Å². The number of benzene rings is 1. The van der Waals surface area contributed by atoms with Crippen LogP contribution in [0.3, 0.4) is 0 Å². The van der Waals surface area contributed by atoms with Crippen molar-refractivity contribution >= 4 is 39.9 Å². The zero-order valence-corrected chi connectivity index (χ0v) is 12.7. The van der Waals surface area contributed by atoms with Crippen LogP contribution in [0.25, 0.3) is 0 Å². The molecule has 1 fully saturated rings. The third-order valence-corrected chi connectivity index (χ3v) is 4.15. The fourth-order valence-corrected chi connectivity index (χ4v) is 2.67. The maximum Gasteiger partial charge on any atom is 0.0548 e. The zero-order valence-electron chi connectivity index (χ0n) is 9.53. The van der Waals surface area contributed by atoms with Crippen LogP contribution in [-0.4, -0.2) is 24.0 Å². The Labute approximate surface area is 122 Å². The highest BCUT2D eigenvalue weighted by molar-refractivity contribution is 9.10. The number of hydrogen-bond donors (Lipinski definition) is 1. The van der Waals surface area contributed by atoms with Crippen molar-refractivity contribution in [3.8, 4) is 0 Å². The fraction of sp³-hybridized carbons (Fsp3) is 0.500. The first-order chi connectivity index (χ1) is 7.65. The van der Waals surface area contributed by atoms with Gasteiger partial charge < -0.3 is 5.73 Å². The van der Waals surface area contributed by atoms with E-state index in [4.69, 9.17) is 17.3 Å². The summed E-state index contributed by atoms with van der Waals surface area (Å²) in [4.78, 5) is 2.41. The molecule has 1 aromatic rings. The van der Waals surface area contributed by atoms with Crippen LogP contribution in [0.15, 0.2) is 22.7 Å². The molecule has 0 spiro atoms. The first-order valence-electron chi connectivity index (χ1n) is 5.57. The molecule has 0 radical (unpaired) electrons. The van der Waals surface area contributed by atoms with Gasteiger partial charge in [0.1, 0.15) is 0 Å². The second-order valence-corrected chi connectivity index (χ2v) is 5.65. The van der Waals surface area contributed by atoms with E-state index < -0.39 is 0 Å². The summed E-state index contributed by atoms with van der Waals surface area (Å²) in [6.07, 6.45) is 2.36. The van der Waals surface area contributed by atoms with Crippen LogP contribution in [-0.2, 0) is 6.54 Å². The van der Waals surface area contributed by atoms with E-state index in [1.54, 1.807) is 0 Å². The van der Waals surface area contributed by atoms with Gasteiger partial charge in [-0.3, -0.25) is 4.90 Å². The topological polar surface area (TPSA) is 29.3 Å². The third kappa shape index (κ3) is 4.42. The highest BCUT2D eigenvalue weighted by atomic mass is 79.9. The van der Waals surface area contributed by atoms with Crippen molar-refractivity contribution in [2.75, 3.05) is 13.1 Å². The van der Waals surface area contributed by atoms with Gasteiger partial charge in [-0.25, -0.2) is 0 Å². The van der Waals surface area contributed by atoms with E-state index in [0.717, 1.165) is 35.6 Å². The van der Waals surface area contributed by atoms with Crippen LogP contribution in [0, 0.1) is 0 Å². The molecule has 2 N–H and O–H groups in total. The van der Waals surface area contributed by atoms with E-state index in [1.165, 1.54) is 12.0 Å². The molecule has 1 atom stereocenters. The minimum Gasteiger partial charge on any atom is -0.327 e. The quantitative estimate of drug-likeness (QED) is 0.894. The Morgan fingerprint density at radius 1 is 1.47 bits per heavy atom. The molecule has 1 aliphatic heterocycles. The standard InChI is InChI=1S/C12H16BrClN2.ClH/c13-11-6-9(3-4-12(11)14)7-16-5-1-2-10(15)8-16;/h3-4,6,10H,1-2,5,7-8,15H2;1H. The van der Waals surface area contributed by atoms with Crippen molar-refractivity contribution in [3.05, 3.63) is 33.3 Å². The van der Waals surface area contributed by atoms with Gasteiger partial charge in [0.25, 0.3) is 0 Å². The number of halogens is 3. The lowest BCUT2D eigenvalue weighted by Gasteiger charge is -2.30. The van der Waals surface area contributed by atoms with Crippen LogP contribution >= 0.6 is 39.9 Å². The largest absolute Gasteiger partial charge is 0.327 e. The molecule has 2 rings (SSSR count). The molecule has 5 heteroatoms. The zero-order chi connectivity index (χ0) is 11.5. The number of hydrogen-bond acceptors (Lipinski definition) is 2. The molecule has 2 nitrogen and oxygen atoms in total. The van der Waals surface area contributed by atoms with E-state index >= 15 is 0 Å². The number of rotatable bonds is 2. The highest BCUT2D eigenvalue weighted by Gasteiger charge is 2.16. The number of nitrogens with two attached hydrogens (primary N) is 1. The van der Waals surface area contributed by atoms with Crippen molar-refractivity contribution in [3.63, 3.8) is 0 Å². The molecular weight excluding hydrogens is 323 g/mol. The van der Waals surface area contributed by atoms with Gasteiger partial charge in [0.2, 0.25) is 0 Å². The van der Waals surface area contributed by atoms with Gasteiger partial charge in [-0.2, -0.15) is 0 Å². The Hall–Kier alpha value is 0.200. The van der Waals surface area contributed by atoms with E-state index in [2.05, 4.69) is 33.0 Å². The van der Waals surface area contributed by atoms with Crippen molar-refractivity contribution in [1.29, 1.82) is 0 Å². The summed E-state index contributed by atoms with van der Waals surface area (Å²) in [5.74, 6) is 0. The normalized spacial score (nSPS) is 21.0. The van der Waals surface area contributed by atoms with Crippen molar-refractivity contribution in [1.82, 2.24) is 4.90 Å². The number of piperidine rings is 1. The second kappa shape index (κ2) is 6.95. The molecule has 1 unspecified atom stereocenters. The van der Waals surface area contributed by atoms with Gasteiger partial charge in [0.05, 0.1) is 5.02 Å². The summed E-state index contributed by atoms with van der Waals surface area (Å²) in [6, 6.07) is 6.44. The minimum atomic E-state index is 0. The van der Waals surface area contributed by atoms with Crippen LogP contribution in [0.2, 0.25) is 5.02 Å². The lowest BCUT2D eigenvalue weighted by Crippen LogP contribution is -2.42. The van der Waals surface area contributed by atoms with Gasteiger partial charge in [0.15, 0.2) is 0 Å². The molecular formula is C12H17BrCl2N2. The van der Waals surface area contributed by atoms with Crippen molar-refractivity contribution in [2.45, 2.75) is 25.4 Å². The molecule has 17 heavy (non-hydrogen) atoms. The predicted molar refractivity (Wildman–Crippen MR) is 78.9 cm³/mol. The van der Waals surface area contributed by atoms with Gasteiger partial charge >= 0.3 is 0 Å². The molecule has 1 aromatic carbocycles. The van der Waals surface area contributed by atoms with E-state index in [9.17, 15) is 0 Å². The van der Waals surface area contributed by atoms with E-state index in [0.29, 0.717) is 6.04 Å². The number of likely N-dealkylation sites (tertiary alicyclic amines) is 1. The van der Waals surface area contributed by atoms with E-state index in [-0.39, 0.29) is 12.4 Å². The smallest absolute Gasteiger partial charge is 0.0548 e. The van der Waals surface area contributed by atoms with Crippen molar-refractivity contribution < 1.29 is 0 Å². The van der Waals surface area contributed by atoms with Gasteiger partial charge in [-0.15, -0.1) is 12.4 Å². The molecule has 0 aromatic heterocycles. The summed E-state index contributed by atoms with van der Waals surface area (Å²) in [7, 11) is 0. The molecule has 0 bridgehead atoms. The number of nitrogens with zero attached hydrogens (tertiary/aromatic N) is 1. The van der Waals surface area contributed by atoms with Gasteiger partial charge in [-0.1, -0.05) is 17.7 Å². The van der Waals surface area contributed by atoms with Gasteiger partial charge in [-0.05, 0) is 53.0 Å². The lowest BCUT2D eigenvalue weighted by molar-refractivity contribution is 0.201. The molecule has 1 heterocycles. The Balaban J connectivity index is 0.00000144. The summed E-state index contributed by atoms with van der Waals surface area (Å²) >= 11 is 9.41. The maximum atomic E-state index is 5.97.